The van der Waals surface area contributed by atoms with Crippen LogP contribution in [-0.4, -0.2) is 11.2 Å². The van der Waals surface area contributed by atoms with E-state index in [2.05, 4.69) is 27.7 Å². The van der Waals surface area contributed by atoms with Gasteiger partial charge in [0, 0.05) is 0 Å². The van der Waals surface area contributed by atoms with Crippen LogP contribution in [0.1, 0.15) is 60.8 Å². The minimum absolute atomic E-state index is 0.271. The fourth-order valence-electron chi connectivity index (χ4n) is 1.70. The molecule has 0 aromatic rings. The number of allylic oxidation sites excluding steroid dienone is 3. The quantitative estimate of drug-likeness (QED) is 0.660. The third-order valence-corrected chi connectivity index (χ3v) is 3.04. The summed E-state index contributed by atoms with van der Waals surface area (Å²) in [6.45, 7) is 12.8. The minimum Gasteiger partial charge on any atom is -0.389 e. The Morgan fingerprint density at radius 2 is 1.69 bits per heavy atom. The van der Waals surface area contributed by atoms with Crippen molar-refractivity contribution in [3.8, 4) is 0 Å². The molecule has 0 aliphatic rings. The summed E-state index contributed by atoms with van der Waals surface area (Å²) < 4.78 is 0. The van der Waals surface area contributed by atoms with Gasteiger partial charge in [-0.1, -0.05) is 29.7 Å². The van der Waals surface area contributed by atoms with E-state index in [9.17, 15) is 5.11 Å². The molecule has 0 radical (unpaired) electrons. The molecule has 0 spiro atoms. The lowest BCUT2D eigenvalue weighted by atomic mass is 9.94. The maximum absolute atomic E-state index is 9.78. The molecule has 0 aromatic carbocycles. The summed E-state index contributed by atoms with van der Waals surface area (Å²) in [5, 5.41) is 9.78. The zero-order valence-corrected chi connectivity index (χ0v) is 11.8. The molecular weight excluding hydrogens is 196 g/mol. The van der Waals surface area contributed by atoms with E-state index in [-0.39, 0.29) is 6.10 Å². The van der Waals surface area contributed by atoms with Crippen molar-refractivity contribution in [1.29, 1.82) is 0 Å². The molecule has 0 unspecified atom stereocenters. The molecule has 0 saturated heterocycles. The van der Waals surface area contributed by atoms with E-state index in [1.54, 1.807) is 0 Å². The van der Waals surface area contributed by atoms with Crippen LogP contribution in [0, 0.1) is 5.92 Å². The Labute approximate surface area is 101 Å². The lowest BCUT2D eigenvalue weighted by Gasteiger charge is -2.15. The number of aliphatic hydroxyl groups excluding tert-OH is 1. The van der Waals surface area contributed by atoms with Gasteiger partial charge in [-0.05, 0) is 59.8 Å². The molecule has 0 bridgehead atoms. The van der Waals surface area contributed by atoms with Gasteiger partial charge in [0.25, 0.3) is 0 Å². The molecule has 16 heavy (non-hydrogen) atoms. The third-order valence-electron chi connectivity index (χ3n) is 3.04. The first kappa shape index (κ1) is 15.4. The van der Waals surface area contributed by atoms with Crippen molar-refractivity contribution in [3.05, 3.63) is 22.8 Å². The normalized spacial score (nSPS) is 14.2. The first-order valence-electron chi connectivity index (χ1n) is 6.29. The number of aliphatic hydroxyl groups is 1. The molecule has 1 nitrogen and oxygen atoms in total. The van der Waals surface area contributed by atoms with Crippen molar-refractivity contribution in [3.63, 3.8) is 0 Å². The predicted molar refractivity (Wildman–Crippen MR) is 72.5 cm³/mol. The van der Waals surface area contributed by atoms with Crippen LogP contribution in [0.2, 0.25) is 0 Å². The van der Waals surface area contributed by atoms with Crippen LogP contribution < -0.4 is 0 Å². The van der Waals surface area contributed by atoms with Gasteiger partial charge < -0.3 is 5.11 Å². The van der Waals surface area contributed by atoms with Gasteiger partial charge in [-0.25, -0.2) is 0 Å². The first-order chi connectivity index (χ1) is 7.32. The zero-order valence-electron chi connectivity index (χ0n) is 11.8. The van der Waals surface area contributed by atoms with Gasteiger partial charge in [-0.15, -0.1) is 0 Å². The van der Waals surface area contributed by atoms with Crippen LogP contribution in [0.15, 0.2) is 22.8 Å². The Hall–Kier alpha value is -0.560. The lowest BCUT2D eigenvalue weighted by Crippen LogP contribution is -2.09. The lowest BCUT2D eigenvalue weighted by molar-refractivity contribution is 0.187. The molecule has 2 atom stereocenters. The smallest absolute Gasteiger partial charge is 0.0725 e. The third kappa shape index (κ3) is 7.70. The Morgan fingerprint density at radius 1 is 1.12 bits per heavy atom. The molecule has 1 heteroatoms. The second kappa shape index (κ2) is 7.67. The highest BCUT2D eigenvalue weighted by Gasteiger charge is 2.08. The SMILES string of the molecule is CC(C)=C[C@@H](O)C[C@@H](C)CCC(C)=C(C)C. The molecule has 94 valence electrons. The van der Waals surface area contributed by atoms with Gasteiger partial charge in [0.05, 0.1) is 6.10 Å². The summed E-state index contributed by atoms with van der Waals surface area (Å²) in [5.74, 6) is 0.583. The molecule has 0 fully saturated rings. The highest BCUT2D eigenvalue weighted by atomic mass is 16.3. The Balaban J connectivity index is 3.96. The summed E-state index contributed by atoms with van der Waals surface area (Å²) >= 11 is 0. The van der Waals surface area contributed by atoms with Crippen LogP contribution in [-0.2, 0) is 0 Å². The van der Waals surface area contributed by atoms with E-state index in [0.29, 0.717) is 5.92 Å². The van der Waals surface area contributed by atoms with Crippen LogP contribution in [0.25, 0.3) is 0 Å². The van der Waals surface area contributed by atoms with Crippen molar-refractivity contribution in [2.75, 3.05) is 0 Å². The van der Waals surface area contributed by atoms with E-state index in [1.165, 1.54) is 23.1 Å². The van der Waals surface area contributed by atoms with Crippen LogP contribution in [0.5, 0.6) is 0 Å². The van der Waals surface area contributed by atoms with Crippen molar-refractivity contribution < 1.29 is 5.11 Å². The summed E-state index contributed by atoms with van der Waals surface area (Å²) in [6, 6.07) is 0. The average molecular weight is 224 g/mol. The fraction of sp³-hybridized carbons (Fsp3) is 0.733. The highest BCUT2D eigenvalue weighted by molar-refractivity contribution is 5.06. The molecule has 0 rings (SSSR count). The van der Waals surface area contributed by atoms with Crippen molar-refractivity contribution in [1.82, 2.24) is 0 Å². The van der Waals surface area contributed by atoms with Gasteiger partial charge in [-0.2, -0.15) is 0 Å². The second-order valence-corrected chi connectivity index (χ2v) is 5.47. The van der Waals surface area contributed by atoms with Crippen LogP contribution >= 0.6 is 0 Å². The number of rotatable bonds is 6. The Bertz CT molecular complexity index is 253. The Morgan fingerprint density at radius 3 is 2.12 bits per heavy atom. The first-order valence-corrected chi connectivity index (χ1v) is 6.29. The Kier molecular flexibility index (Phi) is 7.40. The maximum atomic E-state index is 9.78. The molecule has 1 N–H and O–H groups in total. The molecule has 0 heterocycles. The van der Waals surface area contributed by atoms with Gasteiger partial charge in [0.1, 0.15) is 0 Å². The molecule has 0 aliphatic heterocycles. The van der Waals surface area contributed by atoms with Gasteiger partial charge in [-0.3, -0.25) is 0 Å². The molecule has 0 aromatic heterocycles. The highest BCUT2D eigenvalue weighted by Crippen LogP contribution is 2.19. The molecule has 0 saturated carbocycles. The topological polar surface area (TPSA) is 20.2 Å². The summed E-state index contributed by atoms with van der Waals surface area (Å²) in [7, 11) is 0. The fourth-order valence-corrected chi connectivity index (χ4v) is 1.70. The van der Waals surface area contributed by atoms with Crippen molar-refractivity contribution in [2.45, 2.75) is 66.9 Å². The van der Waals surface area contributed by atoms with Crippen LogP contribution in [0.3, 0.4) is 0 Å². The maximum Gasteiger partial charge on any atom is 0.0725 e. The van der Waals surface area contributed by atoms with Crippen molar-refractivity contribution >= 4 is 0 Å². The van der Waals surface area contributed by atoms with Gasteiger partial charge >= 0.3 is 0 Å². The largest absolute Gasteiger partial charge is 0.389 e. The predicted octanol–water partition coefficient (Wildman–Crippen LogP) is 4.48. The van der Waals surface area contributed by atoms with E-state index >= 15 is 0 Å². The van der Waals surface area contributed by atoms with Crippen LogP contribution in [0.4, 0.5) is 0 Å². The second-order valence-electron chi connectivity index (χ2n) is 5.47. The molecular formula is C15H28O. The van der Waals surface area contributed by atoms with Gasteiger partial charge in [0.15, 0.2) is 0 Å². The standard InChI is InChI=1S/C15H28O/c1-11(2)9-15(16)10-13(5)7-8-14(6)12(3)4/h9,13,15-16H,7-8,10H2,1-6H3/t13-,15+/m0/s1. The van der Waals surface area contributed by atoms with E-state index in [1.807, 2.05) is 19.9 Å². The zero-order chi connectivity index (χ0) is 12.7. The average Bonchev–Trinajstić information content (AvgIpc) is 2.12. The monoisotopic (exact) mass is 224 g/mol. The minimum atomic E-state index is -0.271. The van der Waals surface area contributed by atoms with E-state index < -0.39 is 0 Å². The van der Waals surface area contributed by atoms with E-state index in [0.717, 1.165) is 12.8 Å². The molecule has 0 amide bonds. The summed E-state index contributed by atoms with van der Waals surface area (Å²) in [6.07, 6.45) is 4.88. The molecule has 0 aliphatic carbocycles. The van der Waals surface area contributed by atoms with Crippen molar-refractivity contribution in [2.24, 2.45) is 5.92 Å². The summed E-state index contributed by atoms with van der Waals surface area (Å²) in [4.78, 5) is 0. The number of hydrogen-bond acceptors (Lipinski definition) is 1. The number of hydrogen-bond donors (Lipinski definition) is 1. The van der Waals surface area contributed by atoms with E-state index in [4.69, 9.17) is 0 Å². The van der Waals surface area contributed by atoms with Gasteiger partial charge in [0.2, 0.25) is 0 Å². The summed E-state index contributed by atoms with van der Waals surface area (Å²) in [5.41, 5.74) is 4.11.